The fourth-order valence-electron chi connectivity index (χ4n) is 3.01. The predicted octanol–water partition coefficient (Wildman–Crippen LogP) is 4.84. The molecule has 0 spiro atoms. The Hall–Kier alpha value is -1.89. The maximum Gasteiger partial charge on any atom is 0.184 e. The maximum atomic E-state index is 11.8. The van der Waals surface area contributed by atoms with Gasteiger partial charge >= 0.3 is 0 Å². The van der Waals surface area contributed by atoms with Crippen LogP contribution in [0.15, 0.2) is 42.5 Å². The Bertz CT molecular complexity index is 811. The second-order valence-corrected chi connectivity index (χ2v) is 8.33. The fraction of sp³-hybridized carbons (Fsp3) is 0.435. The lowest BCUT2D eigenvalue weighted by Crippen LogP contribution is -2.23. The lowest BCUT2D eigenvalue weighted by Gasteiger charge is -2.28. The highest BCUT2D eigenvalue weighted by molar-refractivity contribution is 7.96. The topological polar surface area (TPSA) is 56.8 Å². The van der Waals surface area contributed by atoms with Gasteiger partial charge in [-0.2, -0.15) is 0 Å². The summed E-state index contributed by atoms with van der Waals surface area (Å²) in [5, 5.41) is 0. The van der Waals surface area contributed by atoms with Crippen molar-refractivity contribution in [3.05, 3.63) is 53.6 Å². The van der Waals surface area contributed by atoms with E-state index in [-0.39, 0.29) is 24.3 Å². The van der Waals surface area contributed by atoms with E-state index in [1.807, 2.05) is 36.6 Å². The van der Waals surface area contributed by atoms with Gasteiger partial charge in [0.25, 0.3) is 0 Å². The summed E-state index contributed by atoms with van der Waals surface area (Å²) in [5.41, 5.74) is 1.87. The third-order valence-corrected chi connectivity index (χ3v) is 5.48. The van der Waals surface area contributed by atoms with E-state index in [1.165, 1.54) is 11.9 Å². The number of rotatable bonds is 13. The van der Waals surface area contributed by atoms with Gasteiger partial charge in [0.2, 0.25) is 0 Å². The lowest BCUT2D eigenvalue weighted by molar-refractivity contribution is -0.119. The normalized spacial score (nSPS) is 11.2. The van der Waals surface area contributed by atoms with Crippen molar-refractivity contribution in [1.29, 1.82) is 0 Å². The average Bonchev–Trinajstić information content (AvgIpc) is 2.76. The highest BCUT2D eigenvalue weighted by Gasteiger charge is 2.27. The van der Waals surface area contributed by atoms with Crippen molar-refractivity contribution in [3.63, 3.8) is 0 Å². The first-order valence-corrected chi connectivity index (χ1v) is 11.6. The van der Waals surface area contributed by atoms with Crippen LogP contribution in [0.25, 0.3) is 0 Å². The number of carbonyl (C=O) groups excluding carboxylic acids is 1. The van der Waals surface area contributed by atoms with Crippen molar-refractivity contribution >= 4 is 29.3 Å². The number of halogens is 1. The zero-order valence-electron chi connectivity index (χ0n) is 18.0. The standard InChI is InChI=1S/C23H30ClNO4S/c1-23(2,17-6-8-19(9-7-17)28-13-5-12-24)21-11-10-20(14-22(21)27-3)29-16-18(26)15-25-30-4/h6-11,14,25H,5,12-13,15-16H2,1-4H3. The number of ketones is 1. The van der Waals surface area contributed by atoms with Gasteiger partial charge < -0.3 is 14.2 Å². The fourth-order valence-corrected chi connectivity index (χ4v) is 3.43. The van der Waals surface area contributed by atoms with Crippen LogP contribution < -0.4 is 18.9 Å². The summed E-state index contributed by atoms with van der Waals surface area (Å²) in [4.78, 5) is 11.8. The SMILES string of the molecule is COc1cc(OCC(=O)CNSC)ccc1C(C)(C)c1ccc(OCCCCl)cc1. The van der Waals surface area contributed by atoms with Crippen molar-refractivity contribution in [3.8, 4) is 17.2 Å². The second-order valence-electron chi connectivity index (χ2n) is 7.26. The van der Waals surface area contributed by atoms with Crippen LogP contribution in [-0.4, -0.2) is 44.8 Å². The minimum absolute atomic E-state index is 0.0129. The van der Waals surface area contributed by atoms with E-state index in [1.54, 1.807) is 7.11 Å². The van der Waals surface area contributed by atoms with E-state index < -0.39 is 0 Å². The summed E-state index contributed by atoms with van der Waals surface area (Å²) in [7, 11) is 1.64. The molecule has 2 aromatic carbocycles. The summed E-state index contributed by atoms with van der Waals surface area (Å²) in [6, 6.07) is 13.8. The van der Waals surface area contributed by atoms with E-state index in [0.717, 1.165) is 29.0 Å². The molecule has 0 radical (unpaired) electrons. The molecular weight excluding hydrogens is 422 g/mol. The van der Waals surface area contributed by atoms with Crippen molar-refractivity contribution < 1.29 is 19.0 Å². The first-order valence-electron chi connectivity index (χ1n) is 9.80. The van der Waals surface area contributed by atoms with Gasteiger partial charge in [-0.1, -0.05) is 44.0 Å². The first-order chi connectivity index (χ1) is 14.4. The molecule has 0 heterocycles. The second kappa shape index (κ2) is 12.1. The molecule has 0 fully saturated rings. The van der Waals surface area contributed by atoms with E-state index >= 15 is 0 Å². The molecule has 0 bridgehead atoms. The molecule has 7 heteroatoms. The van der Waals surface area contributed by atoms with Crippen molar-refractivity contribution in [2.24, 2.45) is 0 Å². The van der Waals surface area contributed by atoms with E-state index in [9.17, 15) is 4.79 Å². The minimum Gasteiger partial charge on any atom is -0.496 e. The number of methoxy groups -OCH3 is 1. The van der Waals surface area contributed by atoms with Crippen LogP contribution in [0.2, 0.25) is 0 Å². The molecule has 0 aliphatic carbocycles. The van der Waals surface area contributed by atoms with Gasteiger partial charge in [-0.25, -0.2) is 0 Å². The summed E-state index contributed by atoms with van der Waals surface area (Å²) in [5.74, 6) is 2.73. The zero-order valence-corrected chi connectivity index (χ0v) is 19.6. The van der Waals surface area contributed by atoms with Crippen LogP contribution >= 0.6 is 23.5 Å². The molecule has 2 rings (SSSR count). The largest absolute Gasteiger partial charge is 0.496 e. The Labute approximate surface area is 188 Å². The van der Waals surface area contributed by atoms with Gasteiger partial charge in [0.1, 0.15) is 23.9 Å². The van der Waals surface area contributed by atoms with Crippen LogP contribution in [0.1, 0.15) is 31.4 Å². The number of nitrogens with one attached hydrogen (secondary N) is 1. The van der Waals surface area contributed by atoms with Gasteiger partial charge in [-0.3, -0.25) is 9.52 Å². The Balaban J connectivity index is 2.13. The summed E-state index contributed by atoms with van der Waals surface area (Å²) in [6.07, 6.45) is 2.70. The third kappa shape index (κ3) is 6.83. The molecule has 1 N–H and O–H groups in total. The third-order valence-electron chi connectivity index (χ3n) is 4.78. The van der Waals surface area contributed by atoms with Crippen molar-refractivity contribution in [2.75, 3.05) is 39.0 Å². The van der Waals surface area contributed by atoms with E-state index in [2.05, 4.69) is 30.7 Å². The van der Waals surface area contributed by atoms with Crippen LogP contribution in [0.5, 0.6) is 17.2 Å². The lowest BCUT2D eigenvalue weighted by atomic mass is 9.77. The number of benzene rings is 2. The smallest absolute Gasteiger partial charge is 0.184 e. The van der Waals surface area contributed by atoms with Crippen molar-refractivity contribution in [2.45, 2.75) is 25.7 Å². The number of hydrogen-bond acceptors (Lipinski definition) is 6. The number of alkyl halides is 1. The van der Waals surface area contributed by atoms with E-state index in [4.69, 9.17) is 25.8 Å². The molecule has 30 heavy (non-hydrogen) atoms. The summed E-state index contributed by atoms with van der Waals surface area (Å²) < 4.78 is 19.9. The highest BCUT2D eigenvalue weighted by Crippen LogP contribution is 2.39. The highest BCUT2D eigenvalue weighted by atomic mass is 35.5. The van der Waals surface area contributed by atoms with Gasteiger partial charge in [0, 0.05) is 22.9 Å². The van der Waals surface area contributed by atoms with Crippen molar-refractivity contribution in [1.82, 2.24) is 4.72 Å². The Morgan fingerprint density at radius 1 is 1.10 bits per heavy atom. The van der Waals surface area contributed by atoms with Gasteiger partial charge in [-0.15, -0.1) is 11.6 Å². The van der Waals surface area contributed by atoms with Gasteiger partial charge in [-0.05, 0) is 36.4 Å². The molecule has 5 nitrogen and oxygen atoms in total. The Morgan fingerprint density at radius 3 is 2.43 bits per heavy atom. The quantitative estimate of drug-likeness (QED) is 0.267. The number of Topliss-reactive ketones (excluding diaryl/α,β-unsaturated/α-hetero) is 1. The number of ether oxygens (including phenoxy) is 3. The van der Waals surface area contributed by atoms with Crippen LogP contribution in [-0.2, 0) is 10.2 Å². The molecule has 0 aliphatic rings. The van der Waals surface area contributed by atoms with Crippen LogP contribution in [0.4, 0.5) is 0 Å². The molecule has 0 atom stereocenters. The monoisotopic (exact) mass is 451 g/mol. The first kappa shape index (κ1) is 24.4. The molecule has 0 aliphatic heterocycles. The minimum atomic E-state index is -0.295. The molecular formula is C23H30ClNO4S. The maximum absolute atomic E-state index is 11.8. The van der Waals surface area contributed by atoms with E-state index in [0.29, 0.717) is 18.2 Å². The molecule has 0 aromatic heterocycles. The predicted molar refractivity (Wildman–Crippen MR) is 124 cm³/mol. The molecule has 0 saturated carbocycles. The number of hydrogen-bond donors (Lipinski definition) is 1. The van der Waals surface area contributed by atoms with Crippen LogP contribution in [0.3, 0.4) is 0 Å². The van der Waals surface area contributed by atoms with Gasteiger partial charge in [0.05, 0.1) is 20.3 Å². The summed E-state index contributed by atoms with van der Waals surface area (Å²) in [6.45, 7) is 5.19. The molecule has 2 aromatic rings. The van der Waals surface area contributed by atoms with Gasteiger partial charge in [0.15, 0.2) is 5.78 Å². The zero-order chi connectivity index (χ0) is 22.0. The Morgan fingerprint density at radius 2 is 1.80 bits per heavy atom. The summed E-state index contributed by atoms with van der Waals surface area (Å²) >= 11 is 7.10. The molecule has 164 valence electrons. The Kier molecular flexibility index (Phi) is 9.82. The average molecular weight is 452 g/mol. The molecule has 0 amide bonds. The molecule has 0 saturated heterocycles. The number of carbonyl (C=O) groups is 1. The van der Waals surface area contributed by atoms with Crippen LogP contribution in [0, 0.1) is 0 Å². The molecule has 0 unspecified atom stereocenters.